The van der Waals surface area contributed by atoms with E-state index in [2.05, 4.69) is 13.8 Å². The number of benzene rings is 1. The number of hydrogen-bond donors (Lipinski definition) is 2. The third-order valence-electron chi connectivity index (χ3n) is 3.75. The highest BCUT2D eigenvalue weighted by Crippen LogP contribution is 2.36. The summed E-state index contributed by atoms with van der Waals surface area (Å²) in [7, 11) is -1.18. The maximum Gasteiger partial charge on any atom is 0.692 e. The normalized spacial score (nSPS) is 11.4. The maximum absolute atomic E-state index is 12.0. The molecule has 25 heavy (non-hydrogen) atoms. The topological polar surface area (TPSA) is 93.1 Å². The van der Waals surface area contributed by atoms with Crippen molar-refractivity contribution in [2.24, 2.45) is 5.41 Å². The molecule has 0 saturated heterocycles. The molecule has 8 heteroatoms. The molecule has 0 heterocycles. The van der Waals surface area contributed by atoms with Crippen molar-refractivity contribution in [2.75, 3.05) is 7.11 Å². The highest BCUT2D eigenvalue weighted by atomic mass is 35.5. The van der Waals surface area contributed by atoms with Crippen LogP contribution in [-0.2, 0) is 19.7 Å². The van der Waals surface area contributed by atoms with Crippen LogP contribution in [-0.4, -0.2) is 22.9 Å². The van der Waals surface area contributed by atoms with Crippen LogP contribution < -0.4 is 4.74 Å². The van der Waals surface area contributed by atoms with Crippen LogP contribution in [0.25, 0.3) is 0 Å². The smallest absolute Gasteiger partial charge is 0.426 e. The van der Waals surface area contributed by atoms with Crippen molar-refractivity contribution in [1.82, 2.24) is 0 Å². The van der Waals surface area contributed by atoms with E-state index in [0.717, 1.165) is 18.4 Å². The fourth-order valence-corrected chi connectivity index (χ4v) is 2.43. The third-order valence-corrected chi connectivity index (χ3v) is 3.97. The number of methoxy groups -OCH3 is 1. The maximum atomic E-state index is 12.0. The number of ether oxygens (including phenoxy) is 2. The van der Waals surface area contributed by atoms with Gasteiger partial charge in [0.2, 0.25) is 0 Å². The summed E-state index contributed by atoms with van der Waals surface area (Å²) in [5.74, 6) is 0.174. The summed E-state index contributed by atoms with van der Waals surface area (Å²) >= 11 is 6.18. The van der Waals surface area contributed by atoms with Gasteiger partial charge in [0.25, 0.3) is 0 Å². The highest BCUT2D eigenvalue weighted by molar-refractivity contribution is 7.30. The molecule has 0 aliphatic carbocycles. The number of esters is 1. The first kappa shape index (κ1) is 24.0. The fraction of sp³-hybridized carbons (Fsp3) is 0.588. The molecule has 0 spiro atoms. The van der Waals surface area contributed by atoms with Crippen LogP contribution in [0.3, 0.4) is 0 Å². The minimum atomic E-state index is -2.87. The van der Waals surface area contributed by atoms with Crippen molar-refractivity contribution >= 4 is 25.8 Å². The molecule has 142 valence electrons. The number of carbonyl (C=O) groups excluding carboxylic acids is 1. The highest BCUT2D eigenvalue weighted by Gasteiger charge is 2.30. The van der Waals surface area contributed by atoms with Crippen LogP contribution in [0.5, 0.6) is 5.75 Å². The third kappa shape index (κ3) is 7.80. The Morgan fingerprint density at radius 3 is 2.00 bits per heavy atom. The molecule has 6 nitrogen and oxygen atoms in total. The van der Waals surface area contributed by atoms with Gasteiger partial charge >= 0.3 is 14.2 Å². The lowest BCUT2D eigenvalue weighted by molar-refractivity contribution is -0.143. The van der Waals surface area contributed by atoms with E-state index in [0.29, 0.717) is 10.8 Å². The van der Waals surface area contributed by atoms with Gasteiger partial charge in [-0.1, -0.05) is 25.4 Å². The Hall–Kier alpha value is -1.04. The van der Waals surface area contributed by atoms with Crippen LogP contribution >= 0.6 is 19.9 Å². The SMILES string of the molecule is CCC(CC)(OC)c1cc(Cl)cc(OC(=O)C(C)(C)C)c1.O=[P+](O)O. The first-order chi connectivity index (χ1) is 11.4. The average Bonchev–Trinajstić information content (AvgIpc) is 2.47. The van der Waals surface area contributed by atoms with Crippen molar-refractivity contribution in [3.05, 3.63) is 28.8 Å². The van der Waals surface area contributed by atoms with Crippen LogP contribution in [0.15, 0.2) is 18.2 Å². The molecule has 1 aromatic carbocycles. The average molecular weight is 394 g/mol. The van der Waals surface area contributed by atoms with Gasteiger partial charge in [-0.15, -0.1) is 9.79 Å². The lowest BCUT2D eigenvalue weighted by Crippen LogP contribution is -2.28. The van der Waals surface area contributed by atoms with Gasteiger partial charge in [-0.3, -0.25) is 4.79 Å². The molecule has 0 unspecified atom stereocenters. The molecule has 0 amide bonds. The summed E-state index contributed by atoms with van der Waals surface area (Å²) in [4.78, 5) is 26.3. The quantitative estimate of drug-likeness (QED) is 0.432. The number of hydrogen-bond acceptors (Lipinski definition) is 4. The Kier molecular flexibility index (Phi) is 9.77. The van der Waals surface area contributed by atoms with Crippen LogP contribution in [0.2, 0.25) is 5.02 Å². The summed E-state index contributed by atoms with van der Waals surface area (Å²) in [5.41, 5.74) is -0.0383. The zero-order valence-electron chi connectivity index (χ0n) is 15.5. The Balaban J connectivity index is 0.00000129. The Labute approximate surface area is 155 Å². The van der Waals surface area contributed by atoms with Gasteiger partial charge in [0.1, 0.15) is 5.75 Å². The zero-order valence-corrected chi connectivity index (χ0v) is 17.1. The molecule has 0 aromatic heterocycles. The Bertz CT molecular complexity index is 581. The number of halogens is 1. The number of carbonyl (C=O) groups is 1. The van der Waals surface area contributed by atoms with Crippen molar-refractivity contribution in [2.45, 2.75) is 53.1 Å². The molecule has 0 radical (unpaired) electrons. The van der Waals surface area contributed by atoms with Crippen LogP contribution in [0, 0.1) is 5.41 Å². The first-order valence-electron chi connectivity index (χ1n) is 7.85. The van der Waals surface area contributed by atoms with Gasteiger partial charge in [0, 0.05) is 16.7 Å². The molecule has 0 fully saturated rings. The fourth-order valence-electron chi connectivity index (χ4n) is 2.21. The lowest BCUT2D eigenvalue weighted by atomic mass is 9.88. The first-order valence-corrected chi connectivity index (χ1v) is 9.39. The van der Waals surface area contributed by atoms with Crippen LogP contribution in [0.1, 0.15) is 53.0 Å². The molecule has 0 aliphatic heterocycles. The van der Waals surface area contributed by atoms with Crippen molar-refractivity contribution in [1.29, 1.82) is 0 Å². The van der Waals surface area contributed by atoms with E-state index in [9.17, 15) is 4.79 Å². The molecular weight excluding hydrogens is 367 g/mol. The second kappa shape index (κ2) is 10.2. The molecule has 0 aliphatic rings. The van der Waals surface area contributed by atoms with E-state index in [1.54, 1.807) is 13.2 Å². The molecule has 0 saturated carbocycles. The molecule has 0 bridgehead atoms. The second-order valence-electron chi connectivity index (χ2n) is 6.47. The molecule has 1 aromatic rings. The Morgan fingerprint density at radius 1 is 1.16 bits per heavy atom. The summed E-state index contributed by atoms with van der Waals surface area (Å²) in [5, 5.41) is 0.535. The minimum Gasteiger partial charge on any atom is -0.426 e. The summed E-state index contributed by atoms with van der Waals surface area (Å²) in [6, 6.07) is 5.36. The van der Waals surface area contributed by atoms with Gasteiger partial charge < -0.3 is 9.47 Å². The van der Waals surface area contributed by atoms with Gasteiger partial charge in [-0.25, -0.2) is 0 Å². The van der Waals surface area contributed by atoms with E-state index < -0.39 is 19.3 Å². The standard InChI is InChI=1S/C17H25ClO3.HO3P/c1-7-17(8-2,20-6)12-9-13(18)11-14(10-12)21-15(19)16(3,4)5;1-4(2)3/h9-11H,7-8H2,1-6H3;(H-,1,2,3)/p+1. The zero-order chi connectivity index (χ0) is 19.8. The molecule has 2 N–H and O–H groups in total. The Morgan fingerprint density at radius 2 is 1.64 bits per heavy atom. The van der Waals surface area contributed by atoms with Crippen molar-refractivity contribution < 1.29 is 28.6 Å². The minimum absolute atomic E-state index is 0.285. The van der Waals surface area contributed by atoms with Crippen LogP contribution in [0.4, 0.5) is 0 Å². The summed E-state index contributed by atoms with van der Waals surface area (Å²) in [6.45, 7) is 9.58. The van der Waals surface area contributed by atoms with E-state index in [4.69, 9.17) is 35.4 Å². The number of rotatable bonds is 5. The largest absolute Gasteiger partial charge is 0.692 e. The molecular formula is C17H27ClO6P+. The van der Waals surface area contributed by atoms with E-state index in [1.165, 1.54) is 0 Å². The second-order valence-corrected chi connectivity index (χ2v) is 7.42. The van der Waals surface area contributed by atoms with Gasteiger partial charge in [-0.05, 0) is 57.4 Å². The van der Waals surface area contributed by atoms with E-state index in [-0.39, 0.29) is 5.97 Å². The monoisotopic (exact) mass is 393 g/mol. The van der Waals surface area contributed by atoms with Gasteiger partial charge in [0.05, 0.1) is 11.0 Å². The van der Waals surface area contributed by atoms with Gasteiger partial charge in [0.15, 0.2) is 0 Å². The van der Waals surface area contributed by atoms with E-state index >= 15 is 0 Å². The summed E-state index contributed by atoms with van der Waals surface area (Å²) in [6.07, 6.45) is 1.62. The lowest BCUT2D eigenvalue weighted by Gasteiger charge is -2.31. The van der Waals surface area contributed by atoms with E-state index in [1.807, 2.05) is 32.9 Å². The van der Waals surface area contributed by atoms with Gasteiger partial charge in [-0.2, -0.15) is 0 Å². The predicted octanol–water partition coefficient (Wildman–Crippen LogP) is 4.58. The predicted molar refractivity (Wildman–Crippen MR) is 97.9 cm³/mol. The molecule has 0 atom stereocenters. The summed E-state index contributed by atoms with van der Waals surface area (Å²) < 4.78 is 19.9. The van der Waals surface area contributed by atoms with Crippen molar-refractivity contribution in [3.8, 4) is 5.75 Å². The molecule has 1 rings (SSSR count). The van der Waals surface area contributed by atoms with Crippen molar-refractivity contribution in [3.63, 3.8) is 0 Å².